The van der Waals surface area contributed by atoms with Crippen molar-refractivity contribution in [3.8, 4) is 0 Å². The largest absolute Gasteiger partial charge is 0.481 e. The first kappa shape index (κ1) is 14.5. The van der Waals surface area contributed by atoms with Crippen LogP contribution < -0.4 is 5.32 Å². The Balaban J connectivity index is 2.07. The summed E-state index contributed by atoms with van der Waals surface area (Å²) in [5, 5.41) is 11.1. The highest BCUT2D eigenvalue weighted by molar-refractivity contribution is 5.78. The Bertz CT molecular complexity index is 317. The Labute approximate surface area is 106 Å². The quantitative estimate of drug-likeness (QED) is 0.689. The van der Waals surface area contributed by atoms with E-state index in [1.54, 1.807) is 4.90 Å². The second-order valence-electron chi connectivity index (χ2n) is 4.44. The SMILES string of the molecule is O=C(O)CCCC(=O)NCCN1CCCCC1=O. The molecule has 0 spiro atoms. The molecule has 2 N–H and O–H groups in total. The van der Waals surface area contributed by atoms with Gasteiger partial charge in [-0.2, -0.15) is 0 Å². The predicted molar refractivity (Wildman–Crippen MR) is 64.9 cm³/mol. The molecule has 6 heteroatoms. The van der Waals surface area contributed by atoms with Crippen LogP contribution in [0.4, 0.5) is 0 Å². The van der Waals surface area contributed by atoms with Gasteiger partial charge in [0.2, 0.25) is 11.8 Å². The summed E-state index contributed by atoms with van der Waals surface area (Å²) in [6.07, 6.45) is 3.17. The number of aliphatic carboxylic acids is 1. The summed E-state index contributed by atoms with van der Waals surface area (Å²) in [5.41, 5.74) is 0. The highest BCUT2D eigenvalue weighted by Crippen LogP contribution is 2.09. The molecule has 0 unspecified atom stereocenters. The topological polar surface area (TPSA) is 86.7 Å². The number of piperidine rings is 1. The number of hydrogen-bond donors (Lipinski definition) is 2. The molecule has 1 saturated heterocycles. The Morgan fingerprint density at radius 1 is 1.28 bits per heavy atom. The molecule has 102 valence electrons. The predicted octanol–water partition coefficient (Wildman–Crippen LogP) is 0.370. The highest BCUT2D eigenvalue weighted by Gasteiger charge is 2.17. The zero-order chi connectivity index (χ0) is 13.4. The van der Waals surface area contributed by atoms with Crippen molar-refractivity contribution in [2.45, 2.75) is 38.5 Å². The number of carbonyl (C=O) groups excluding carboxylic acids is 2. The molecule has 2 amide bonds. The molecule has 0 aromatic carbocycles. The van der Waals surface area contributed by atoms with E-state index < -0.39 is 5.97 Å². The molecule has 1 fully saturated rings. The molecule has 6 nitrogen and oxygen atoms in total. The van der Waals surface area contributed by atoms with Gasteiger partial charge in [0.25, 0.3) is 0 Å². The van der Waals surface area contributed by atoms with Crippen molar-refractivity contribution in [1.29, 1.82) is 0 Å². The van der Waals surface area contributed by atoms with Gasteiger partial charge < -0.3 is 15.3 Å². The van der Waals surface area contributed by atoms with E-state index in [4.69, 9.17) is 5.11 Å². The normalized spacial score (nSPS) is 15.6. The van der Waals surface area contributed by atoms with Crippen LogP contribution in [0, 0.1) is 0 Å². The van der Waals surface area contributed by atoms with E-state index in [1.165, 1.54) is 0 Å². The summed E-state index contributed by atoms with van der Waals surface area (Å²) in [5.74, 6) is -0.885. The Morgan fingerprint density at radius 3 is 2.72 bits per heavy atom. The first-order valence-electron chi connectivity index (χ1n) is 6.36. The van der Waals surface area contributed by atoms with Gasteiger partial charge in [-0.3, -0.25) is 14.4 Å². The molecular formula is C12H20N2O4. The molecule has 0 saturated carbocycles. The van der Waals surface area contributed by atoms with Gasteiger partial charge in [0.15, 0.2) is 0 Å². The maximum absolute atomic E-state index is 11.5. The average Bonchev–Trinajstić information content (AvgIpc) is 2.31. The van der Waals surface area contributed by atoms with Gasteiger partial charge in [0, 0.05) is 38.9 Å². The molecule has 1 aliphatic rings. The lowest BCUT2D eigenvalue weighted by atomic mass is 10.1. The van der Waals surface area contributed by atoms with Crippen molar-refractivity contribution >= 4 is 17.8 Å². The molecule has 1 rings (SSSR count). The van der Waals surface area contributed by atoms with Crippen LogP contribution in [0.1, 0.15) is 38.5 Å². The Hall–Kier alpha value is -1.59. The number of nitrogens with one attached hydrogen (secondary N) is 1. The Kier molecular flexibility index (Phi) is 6.18. The number of hydrogen-bond acceptors (Lipinski definition) is 3. The summed E-state index contributed by atoms with van der Waals surface area (Å²) in [6.45, 7) is 1.76. The molecular weight excluding hydrogens is 236 g/mol. The third-order valence-electron chi connectivity index (χ3n) is 2.92. The van der Waals surface area contributed by atoms with E-state index in [0.29, 0.717) is 25.9 Å². The van der Waals surface area contributed by atoms with Crippen molar-refractivity contribution in [3.05, 3.63) is 0 Å². The van der Waals surface area contributed by atoms with Gasteiger partial charge in [-0.1, -0.05) is 0 Å². The number of nitrogens with zero attached hydrogens (tertiary/aromatic N) is 1. The van der Waals surface area contributed by atoms with Crippen LogP contribution in [-0.2, 0) is 14.4 Å². The first-order valence-corrected chi connectivity index (χ1v) is 6.36. The highest BCUT2D eigenvalue weighted by atomic mass is 16.4. The first-order chi connectivity index (χ1) is 8.59. The number of carboxylic acids is 1. The number of likely N-dealkylation sites (tertiary alicyclic amines) is 1. The molecule has 0 atom stereocenters. The van der Waals surface area contributed by atoms with Gasteiger partial charge in [-0.15, -0.1) is 0 Å². The summed E-state index contributed by atoms with van der Waals surface area (Å²) in [6, 6.07) is 0. The lowest BCUT2D eigenvalue weighted by Gasteiger charge is -2.26. The Morgan fingerprint density at radius 2 is 2.06 bits per heavy atom. The van der Waals surface area contributed by atoms with Crippen LogP contribution in [0.15, 0.2) is 0 Å². The minimum Gasteiger partial charge on any atom is -0.481 e. The number of carbonyl (C=O) groups is 3. The lowest BCUT2D eigenvalue weighted by Crippen LogP contribution is -2.41. The second-order valence-corrected chi connectivity index (χ2v) is 4.44. The maximum atomic E-state index is 11.5. The van der Waals surface area contributed by atoms with Gasteiger partial charge >= 0.3 is 5.97 Å². The zero-order valence-electron chi connectivity index (χ0n) is 10.5. The van der Waals surface area contributed by atoms with Crippen LogP contribution in [0.3, 0.4) is 0 Å². The third kappa shape index (κ3) is 5.65. The van der Waals surface area contributed by atoms with Crippen LogP contribution in [0.25, 0.3) is 0 Å². The van der Waals surface area contributed by atoms with Crippen LogP contribution in [0.5, 0.6) is 0 Å². The smallest absolute Gasteiger partial charge is 0.303 e. The van der Waals surface area contributed by atoms with E-state index in [9.17, 15) is 14.4 Å². The zero-order valence-corrected chi connectivity index (χ0v) is 10.5. The van der Waals surface area contributed by atoms with Crippen molar-refractivity contribution in [2.24, 2.45) is 0 Å². The van der Waals surface area contributed by atoms with Gasteiger partial charge in [0.1, 0.15) is 0 Å². The minimum atomic E-state index is -0.887. The third-order valence-corrected chi connectivity index (χ3v) is 2.92. The van der Waals surface area contributed by atoms with Crippen molar-refractivity contribution < 1.29 is 19.5 Å². The fourth-order valence-electron chi connectivity index (χ4n) is 1.92. The number of rotatable bonds is 7. The fraction of sp³-hybridized carbons (Fsp3) is 0.750. The summed E-state index contributed by atoms with van der Waals surface area (Å²) < 4.78 is 0. The van der Waals surface area contributed by atoms with Crippen LogP contribution >= 0.6 is 0 Å². The second kappa shape index (κ2) is 7.68. The van der Waals surface area contributed by atoms with Crippen molar-refractivity contribution in [1.82, 2.24) is 10.2 Å². The molecule has 1 heterocycles. The molecule has 1 aliphatic heterocycles. The standard InChI is InChI=1S/C12H20N2O4/c15-10(4-3-6-12(17)18)13-7-9-14-8-2-1-5-11(14)16/h1-9H2,(H,13,15)(H,17,18). The maximum Gasteiger partial charge on any atom is 0.303 e. The number of carboxylic acid groups (broad SMARTS) is 1. The van der Waals surface area contributed by atoms with Crippen LogP contribution in [0.2, 0.25) is 0 Å². The van der Waals surface area contributed by atoms with E-state index in [2.05, 4.69) is 5.32 Å². The summed E-state index contributed by atoms with van der Waals surface area (Å²) in [4.78, 5) is 34.8. The molecule has 0 bridgehead atoms. The minimum absolute atomic E-state index is 0.0119. The lowest BCUT2D eigenvalue weighted by molar-refractivity contribution is -0.137. The molecule has 0 aromatic rings. The molecule has 18 heavy (non-hydrogen) atoms. The average molecular weight is 256 g/mol. The summed E-state index contributed by atoms with van der Waals surface area (Å²) >= 11 is 0. The molecule has 0 aromatic heterocycles. The number of amides is 2. The van der Waals surface area contributed by atoms with Gasteiger partial charge in [0.05, 0.1) is 0 Å². The van der Waals surface area contributed by atoms with E-state index >= 15 is 0 Å². The molecule has 0 aliphatic carbocycles. The molecule has 0 radical (unpaired) electrons. The van der Waals surface area contributed by atoms with Crippen molar-refractivity contribution in [2.75, 3.05) is 19.6 Å². The van der Waals surface area contributed by atoms with E-state index in [-0.39, 0.29) is 24.7 Å². The van der Waals surface area contributed by atoms with Gasteiger partial charge in [-0.25, -0.2) is 0 Å². The summed E-state index contributed by atoms with van der Waals surface area (Å²) in [7, 11) is 0. The van der Waals surface area contributed by atoms with Crippen LogP contribution in [-0.4, -0.2) is 47.4 Å². The van der Waals surface area contributed by atoms with E-state index in [0.717, 1.165) is 19.4 Å². The fourth-order valence-corrected chi connectivity index (χ4v) is 1.92. The van der Waals surface area contributed by atoms with E-state index in [1.807, 2.05) is 0 Å². The monoisotopic (exact) mass is 256 g/mol. The van der Waals surface area contributed by atoms with Gasteiger partial charge in [-0.05, 0) is 19.3 Å². The van der Waals surface area contributed by atoms with Crippen molar-refractivity contribution in [3.63, 3.8) is 0 Å².